The van der Waals surface area contributed by atoms with E-state index in [4.69, 9.17) is 5.11 Å². The van der Waals surface area contributed by atoms with Gasteiger partial charge in [-0.15, -0.1) is 0 Å². The maximum Gasteiger partial charge on any atom is 0.323 e. The molecule has 114 valence electrons. The predicted octanol–water partition coefficient (Wildman–Crippen LogP) is -0.241. The molecule has 0 unspecified atom stereocenters. The van der Waals surface area contributed by atoms with Crippen molar-refractivity contribution < 1.29 is 19.4 Å². The van der Waals surface area contributed by atoms with Crippen LogP contribution >= 0.6 is 0 Å². The number of aromatic nitrogens is 4. The molecule has 0 aliphatic heterocycles. The second-order valence-electron chi connectivity index (χ2n) is 4.59. The van der Waals surface area contributed by atoms with Gasteiger partial charge in [-0.3, -0.25) is 9.59 Å². The van der Waals surface area contributed by atoms with Crippen LogP contribution < -0.4 is 4.68 Å². The molecule has 22 heavy (non-hydrogen) atoms. The lowest BCUT2D eigenvalue weighted by molar-refractivity contribution is -0.753. The molecule has 0 aromatic carbocycles. The van der Waals surface area contributed by atoms with Gasteiger partial charge in [0.15, 0.2) is 18.6 Å². The molecule has 0 aliphatic rings. The van der Waals surface area contributed by atoms with Crippen molar-refractivity contribution in [1.29, 1.82) is 0 Å². The van der Waals surface area contributed by atoms with Crippen LogP contribution in [-0.4, -0.2) is 50.0 Å². The number of hydrogen-bond donors (Lipinski definition) is 1. The summed E-state index contributed by atoms with van der Waals surface area (Å²) in [7, 11) is 0. The normalized spacial score (nSPS) is 10.2. The number of carboxylic acids is 1. The van der Waals surface area contributed by atoms with Crippen LogP contribution in [0.3, 0.4) is 0 Å². The number of carbonyl (C=O) groups excluding carboxylic acids is 1. The lowest BCUT2D eigenvalue weighted by Crippen LogP contribution is -2.45. The van der Waals surface area contributed by atoms with Gasteiger partial charge in [-0.1, -0.05) is 4.68 Å². The Kier molecular flexibility index (Phi) is 5.07. The molecular weight excluding hydrogens is 286 g/mol. The Labute approximate surface area is 127 Å². The number of aliphatic carboxylic acids is 1. The van der Waals surface area contributed by atoms with Crippen molar-refractivity contribution in [3.63, 3.8) is 0 Å². The van der Waals surface area contributed by atoms with Gasteiger partial charge in [0.1, 0.15) is 12.7 Å². The van der Waals surface area contributed by atoms with E-state index in [1.807, 2.05) is 6.07 Å². The Bertz CT molecular complexity index is 645. The van der Waals surface area contributed by atoms with Gasteiger partial charge in [0.2, 0.25) is 5.91 Å². The fraction of sp³-hybridized carbons (Fsp3) is 0.286. The van der Waals surface area contributed by atoms with Gasteiger partial charge in [0, 0.05) is 30.9 Å². The second kappa shape index (κ2) is 7.21. The summed E-state index contributed by atoms with van der Waals surface area (Å²) in [4.78, 5) is 31.6. The smallest absolute Gasteiger partial charge is 0.323 e. The van der Waals surface area contributed by atoms with Crippen LogP contribution in [0, 0.1) is 0 Å². The van der Waals surface area contributed by atoms with Gasteiger partial charge >= 0.3 is 5.97 Å². The summed E-state index contributed by atoms with van der Waals surface area (Å²) in [6.07, 6.45) is 6.68. The summed E-state index contributed by atoms with van der Waals surface area (Å²) in [6, 6.07) is 3.55. The average Bonchev–Trinajstić information content (AvgIpc) is 2.52. The highest BCUT2D eigenvalue weighted by atomic mass is 16.4. The highest BCUT2D eigenvalue weighted by Gasteiger charge is 2.15. The molecule has 2 aromatic heterocycles. The van der Waals surface area contributed by atoms with Crippen LogP contribution in [0.1, 0.15) is 6.92 Å². The first-order valence-electron chi connectivity index (χ1n) is 6.67. The van der Waals surface area contributed by atoms with Crippen LogP contribution in [-0.2, 0) is 16.1 Å². The summed E-state index contributed by atoms with van der Waals surface area (Å²) < 4.78 is 1.63. The third-order valence-electron chi connectivity index (χ3n) is 2.97. The Morgan fingerprint density at radius 3 is 2.59 bits per heavy atom. The zero-order valence-corrected chi connectivity index (χ0v) is 12.1. The van der Waals surface area contributed by atoms with Gasteiger partial charge in [-0.25, -0.2) is 9.97 Å². The van der Waals surface area contributed by atoms with Crippen LogP contribution in [0.25, 0.3) is 11.4 Å². The zero-order valence-electron chi connectivity index (χ0n) is 12.1. The Hall–Kier alpha value is -2.90. The predicted molar refractivity (Wildman–Crippen MR) is 75.3 cm³/mol. The van der Waals surface area contributed by atoms with E-state index >= 15 is 0 Å². The molecule has 2 heterocycles. The van der Waals surface area contributed by atoms with Crippen LogP contribution in [0.4, 0.5) is 0 Å². The van der Waals surface area contributed by atoms with E-state index in [-0.39, 0.29) is 19.0 Å². The third-order valence-corrected chi connectivity index (χ3v) is 2.97. The highest BCUT2D eigenvalue weighted by Crippen LogP contribution is 2.09. The molecule has 0 aliphatic carbocycles. The van der Waals surface area contributed by atoms with Gasteiger partial charge < -0.3 is 10.0 Å². The minimum Gasteiger partial charge on any atom is -0.480 e. The average molecular weight is 302 g/mol. The van der Waals surface area contributed by atoms with Gasteiger partial charge in [-0.2, -0.15) is 0 Å². The van der Waals surface area contributed by atoms with E-state index in [0.29, 0.717) is 12.4 Å². The summed E-state index contributed by atoms with van der Waals surface area (Å²) >= 11 is 0. The van der Waals surface area contributed by atoms with E-state index in [2.05, 4.69) is 15.1 Å². The summed E-state index contributed by atoms with van der Waals surface area (Å²) in [5, 5.41) is 13.0. The van der Waals surface area contributed by atoms with Crippen molar-refractivity contribution in [3.8, 4) is 11.4 Å². The molecule has 0 saturated carbocycles. The molecule has 0 radical (unpaired) electrons. The van der Waals surface area contributed by atoms with Crippen LogP contribution in [0.2, 0.25) is 0 Å². The SMILES string of the molecule is CC(=O)N(CC[n+]1ccc(-c2ncccn2)cn1)CC(=O)O. The lowest BCUT2D eigenvalue weighted by atomic mass is 10.3. The standard InChI is InChI=1S/C14H15N5O3/c1-11(20)18(10-13(21)22)7-8-19-6-3-12(9-17-19)14-15-4-2-5-16-14/h2-6,9H,7-8,10H2,1H3/p+1. The van der Waals surface area contributed by atoms with Crippen molar-refractivity contribution in [2.24, 2.45) is 0 Å². The molecule has 8 nitrogen and oxygen atoms in total. The summed E-state index contributed by atoms with van der Waals surface area (Å²) in [6.45, 7) is 1.71. The molecule has 0 saturated heterocycles. The van der Waals surface area contributed by atoms with Gasteiger partial charge in [0.25, 0.3) is 0 Å². The lowest BCUT2D eigenvalue weighted by Gasteiger charge is -2.16. The molecule has 2 rings (SSSR count). The fourth-order valence-electron chi connectivity index (χ4n) is 1.83. The van der Waals surface area contributed by atoms with Crippen molar-refractivity contribution in [2.45, 2.75) is 13.5 Å². The first-order valence-corrected chi connectivity index (χ1v) is 6.67. The van der Waals surface area contributed by atoms with E-state index in [1.165, 1.54) is 11.8 Å². The molecule has 2 aromatic rings. The van der Waals surface area contributed by atoms with Crippen molar-refractivity contribution in [3.05, 3.63) is 36.9 Å². The summed E-state index contributed by atoms with van der Waals surface area (Å²) in [5.74, 6) is -0.736. The zero-order chi connectivity index (χ0) is 15.9. The minimum atomic E-state index is -1.04. The van der Waals surface area contributed by atoms with Crippen LogP contribution in [0.5, 0.6) is 0 Å². The van der Waals surface area contributed by atoms with Crippen molar-refractivity contribution in [1.82, 2.24) is 20.0 Å². The van der Waals surface area contributed by atoms with E-state index in [1.54, 1.807) is 35.5 Å². The Morgan fingerprint density at radius 1 is 1.32 bits per heavy atom. The quantitative estimate of drug-likeness (QED) is 0.739. The molecule has 0 bridgehead atoms. The molecule has 0 fully saturated rings. The first kappa shape index (κ1) is 15.5. The Balaban J connectivity index is 1.99. The van der Waals surface area contributed by atoms with E-state index < -0.39 is 5.97 Å². The third kappa shape index (κ3) is 4.30. The number of carbonyl (C=O) groups is 2. The number of rotatable bonds is 6. The topological polar surface area (TPSA) is 100 Å². The molecule has 1 amide bonds. The minimum absolute atomic E-state index is 0.278. The largest absolute Gasteiger partial charge is 0.480 e. The van der Waals surface area contributed by atoms with Crippen molar-refractivity contribution in [2.75, 3.05) is 13.1 Å². The number of carboxylic acid groups (broad SMARTS) is 1. The van der Waals surface area contributed by atoms with Gasteiger partial charge in [0.05, 0.1) is 6.54 Å². The first-order chi connectivity index (χ1) is 10.6. The van der Waals surface area contributed by atoms with E-state index in [0.717, 1.165) is 5.56 Å². The maximum absolute atomic E-state index is 11.4. The molecule has 0 atom stereocenters. The van der Waals surface area contributed by atoms with Crippen LogP contribution in [0.15, 0.2) is 36.9 Å². The van der Waals surface area contributed by atoms with E-state index in [9.17, 15) is 9.59 Å². The maximum atomic E-state index is 11.4. The highest BCUT2D eigenvalue weighted by molar-refractivity contribution is 5.79. The molecule has 1 N–H and O–H groups in total. The number of hydrogen-bond acceptors (Lipinski definition) is 5. The fourth-order valence-corrected chi connectivity index (χ4v) is 1.83. The number of nitrogens with zero attached hydrogens (tertiary/aromatic N) is 5. The molecular formula is C14H16N5O3+. The van der Waals surface area contributed by atoms with Gasteiger partial charge in [-0.05, 0) is 11.2 Å². The second-order valence-corrected chi connectivity index (χ2v) is 4.59. The summed E-state index contributed by atoms with van der Waals surface area (Å²) in [5.41, 5.74) is 0.783. The number of amides is 1. The molecule has 0 spiro atoms. The van der Waals surface area contributed by atoms with Crippen molar-refractivity contribution >= 4 is 11.9 Å². The monoisotopic (exact) mass is 302 g/mol. The Morgan fingerprint density at radius 2 is 2.05 bits per heavy atom. The molecule has 8 heteroatoms.